The highest BCUT2D eigenvalue weighted by Crippen LogP contribution is 2.31. The van der Waals surface area contributed by atoms with Gasteiger partial charge < -0.3 is 24.6 Å². The fourth-order valence-corrected chi connectivity index (χ4v) is 5.22. The molecular weight excluding hydrogens is 486 g/mol. The molecule has 0 aliphatic carbocycles. The molecule has 0 unspecified atom stereocenters. The summed E-state index contributed by atoms with van der Waals surface area (Å²) in [5.74, 6) is 0.898. The van der Waals surface area contributed by atoms with E-state index in [1.54, 1.807) is 41.1 Å². The lowest BCUT2D eigenvalue weighted by molar-refractivity contribution is -0.189. The van der Waals surface area contributed by atoms with E-state index in [-0.39, 0.29) is 36.9 Å². The van der Waals surface area contributed by atoms with Crippen molar-refractivity contribution in [1.29, 1.82) is 0 Å². The van der Waals surface area contributed by atoms with Crippen molar-refractivity contribution >= 4 is 17.8 Å². The number of hydrogen-bond acceptors (Lipinski definition) is 6. The van der Waals surface area contributed by atoms with Crippen molar-refractivity contribution in [3.8, 4) is 11.5 Å². The van der Waals surface area contributed by atoms with Crippen LogP contribution in [0.3, 0.4) is 0 Å². The van der Waals surface area contributed by atoms with Crippen LogP contribution in [0.4, 0.5) is 4.79 Å². The Kier molecular flexibility index (Phi) is 8.41. The number of urea groups is 1. The maximum Gasteiger partial charge on any atom is 0.334 e. The summed E-state index contributed by atoms with van der Waals surface area (Å²) in [5.41, 5.74) is 1.97. The van der Waals surface area contributed by atoms with E-state index in [0.29, 0.717) is 31.0 Å². The maximum absolute atomic E-state index is 13.6. The number of amides is 4. The van der Waals surface area contributed by atoms with E-state index < -0.39 is 12.2 Å². The zero-order valence-electron chi connectivity index (χ0n) is 22.7. The van der Waals surface area contributed by atoms with Gasteiger partial charge in [-0.3, -0.25) is 9.59 Å². The molecule has 10 nitrogen and oxygen atoms in total. The molecule has 2 aromatic rings. The van der Waals surface area contributed by atoms with Gasteiger partial charge in [0.1, 0.15) is 12.2 Å². The SMILES string of the molecule is COc1ccc(CCN2C[C@H]3N(C(=O)CN(C)N3C(=O)NCc3ccccc3)[C@@H](C(C)C)C2=O)cc1OC. The summed E-state index contributed by atoms with van der Waals surface area (Å²) in [7, 11) is 4.91. The molecule has 0 aromatic heterocycles. The first-order valence-electron chi connectivity index (χ1n) is 12.9. The first-order valence-corrected chi connectivity index (χ1v) is 12.9. The van der Waals surface area contributed by atoms with Crippen molar-refractivity contribution in [3.05, 3.63) is 59.7 Å². The second-order valence-corrected chi connectivity index (χ2v) is 10.00. The number of carbonyl (C=O) groups excluding carboxylic acids is 3. The quantitative estimate of drug-likeness (QED) is 0.571. The van der Waals surface area contributed by atoms with Gasteiger partial charge in [-0.2, -0.15) is 0 Å². The minimum Gasteiger partial charge on any atom is -0.493 e. The fraction of sp³-hybridized carbons (Fsp3) is 0.464. The molecule has 0 saturated carbocycles. The molecule has 204 valence electrons. The number of hydrogen-bond donors (Lipinski definition) is 1. The molecule has 2 aliphatic rings. The molecule has 0 spiro atoms. The monoisotopic (exact) mass is 523 g/mol. The van der Waals surface area contributed by atoms with Gasteiger partial charge in [0.2, 0.25) is 11.8 Å². The normalized spacial score (nSPS) is 20.0. The average molecular weight is 524 g/mol. The lowest BCUT2D eigenvalue weighted by Crippen LogP contribution is -2.76. The third-order valence-corrected chi connectivity index (χ3v) is 7.12. The molecule has 2 atom stereocenters. The van der Waals surface area contributed by atoms with Gasteiger partial charge in [-0.25, -0.2) is 14.8 Å². The van der Waals surface area contributed by atoms with Gasteiger partial charge >= 0.3 is 6.03 Å². The molecule has 4 amide bonds. The number of likely N-dealkylation sites (N-methyl/N-ethyl adjacent to an activating group) is 1. The number of rotatable bonds is 8. The summed E-state index contributed by atoms with van der Waals surface area (Å²) >= 11 is 0. The Morgan fingerprint density at radius 2 is 1.74 bits per heavy atom. The molecule has 0 bridgehead atoms. The van der Waals surface area contributed by atoms with E-state index >= 15 is 0 Å². The number of nitrogens with one attached hydrogen (secondary N) is 1. The molecule has 4 rings (SSSR count). The summed E-state index contributed by atoms with van der Waals surface area (Å²) < 4.78 is 10.8. The molecule has 2 heterocycles. The van der Waals surface area contributed by atoms with E-state index in [1.807, 2.05) is 62.4 Å². The second kappa shape index (κ2) is 11.7. The summed E-state index contributed by atoms with van der Waals surface area (Å²) in [6, 6.07) is 14.4. The average Bonchev–Trinajstić information content (AvgIpc) is 2.91. The first-order chi connectivity index (χ1) is 18.2. The van der Waals surface area contributed by atoms with Crippen LogP contribution in [-0.2, 0) is 22.6 Å². The van der Waals surface area contributed by atoms with Crippen LogP contribution in [0, 0.1) is 5.92 Å². The van der Waals surface area contributed by atoms with Crippen LogP contribution in [0.1, 0.15) is 25.0 Å². The smallest absolute Gasteiger partial charge is 0.334 e. The maximum atomic E-state index is 13.6. The number of carbonyl (C=O) groups is 3. The number of piperazine rings is 1. The Hall–Kier alpha value is -3.79. The van der Waals surface area contributed by atoms with Crippen molar-refractivity contribution < 1.29 is 23.9 Å². The molecule has 2 saturated heterocycles. The molecule has 38 heavy (non-hydrogen) atoms. The highest BCUT2D eigenvalue weighted by Gasteiger charge is 2.51. The minimum atomic E-state index is -0.648. The highest BCUT2D eigenvalue weighted by atomic mass is 16.5. The molecule has 10 heteroatoms. The van der Waals surface area contributed by atoms with Crippen molar-refractivity contribution in [1.82, 2.24) is 25.1 Å². The molecular formula is C28H37N5O5. The Morgan fingerprint density at radius 1 is 1.03 bits per heavy atom. The summed E-state index contributed by atoms with van der Waals surface area (Å²) in [6.07, 6.45) is -0.0133. The Bertz CT molecular complexity index is 1160. The van der Waals surface area contributed by atoms with E-state index in [9.17, 15) is 14.4 Å². The van der Waals surface area contributed by atoms with E-state index in [1.165, 1.54) is 0 Å². The lowest BCUT2D eigenvalue weighted by atomic mass is 9.96. The fourth-order valence-electron chi connectivity index (χ4n) is 5.22. The lowest BCUT2D eigenvalue weighted by Gasteiger charge is -2.55. The number of nitrogens with zero attached hydrogens (tertiary/aromatic N) is 4. The van der Waals surface area contributed by atoms with Crippen LogP contribution in [0.15, 0.2) is 48.5 Å². The van der Waals surface area contributed by atoms with Crippen molar-refractivity contribution in [2.75, 3.05) is 40.9 Å². The van der Waals surface area contributed by atoms with Crippen LogP contribution in [-0.4, -0.2) is 90.8 Å². The molecule has 2 fully saturated rings. The topological polar surface area (TPSA) is 94.7 Å². The van der Waals surface area contributed by atoms with E-state index in [2.05, 4.69) is 5.32 Å². The Labute approximate surface area is 224 Å². The van der Waals surface area contributed by atoms with Crippen molar-refractivity contribution in [2.45, 2.75) is 39.0 Å². The van der Waals surface area contributed by atoms with Gasteiger partial charge in [0, 0.05) is 20.1 Å². The molecule has 2 aromatic carbocycles. The number of benzene rings is 2. The minimum absolute atomic E-state index is 0.0252. The number of fused-ring (bicyclic) bond motifs is 1. The van der Waals surface area contributed by atoms with Gasteiger partial charge in [0.05, 0.1) is 27.3 Å². The van der Waals surface area contributed by atoms with Crippen LogP contribution >= 0.6 is 0 Å². The molecule has 2 aliphatic heterocycles. The standard InChI is InChI=1S/C28H37N5O5/c1-19(2)26-27(35)31(14-13-20-11-12-22(37-4)23(15-20)38-5)17-24-32(26)25(34)18-30(3)33(24)28(36)29-16-21-9-7-6-8-10-21/h6-12,15,19,24,26H,13-14,16-18H2,1-5H3,(H,29,36)/t24-,26-/m0/s1. The number of ether oxygens (including phenoxy) is 2. The van der Waals surface area contributed by atoms with Gasteiger partial charge in [0.15, 0.2) is 11.5 Å². The van der Waals surface area contributed by atoms with Gasteiger partial charge in [-0.05, 0) is 35.6 Å². The predicted molar refractivity (Wildman–Crippen MR) is 142 cm³/mol. The van der Waals surface area contributed by atoms with Crippen LogP contribution < -0.4 is 14.8 Å². The summed E-state index contributed by atoms with van der Waals surface area (Å²) in [6.45, 7) is 4.92. The second-order valence-electron chi connectivity index (χ2n) is 10.00. The third-order valence-electron chi connectivity index (χ3n) is 7.12. The largest absolute Gasteiger partial charge is 0.493 e. The predicted octanol–water partition coefficient (Wildman–Crippen LogP) is 2.34. The van der Waals surface area contributed by atoms with E-state index in [4.69, 9.17) is 9.47 Å². The Morgan fingerprint density at radius 3 is 2.39 bits per heavy atom. The Balaban J connectivity index is 1.55. The van der Waals surface area contributed by atoms with Gasteiger partial charge in [0.25, 0.3) is 0 Å². The first kappa shape index (κ1) is 27.3. The van der Waals surface area contributed by atoms with Crippen molar-refractivity contribution in [3.63, 3.8) is 0 Å². The number of methoxy groups -OCH3 is 2. The summed E-state index contributed by atoms with van der Waals surface area (Å²) in [4.78, 5) is 43.6. The summed E-state index contributed by atoms with van der Waals surface area (Å²) in [5, 5.41) is 6.20. The molecule has 1 N–H and O–H groups in total. The zero-order valence-corrected chi connectivity index (χ0v) is 22.7. The van der Waals surface area contributed by atoms with Gasteiger partial charge in [-0.15, -0.1) is 0 Å². The zero-order chi connectivity index (χ0) is 27.4. The van der Waals surface area contributed by atoms with Crippen LogP contribution in [0.25, 0.3) is 0 Å². The van der Waals surface area contributed by atoms with Crippen LogP contribution in [0.2, 0.25) is 0 Å². The van der Waals surface area contributed by atoms with E-state index in [0.717, 1.165) is 11.1 Å². The molecule has 0 radical (unpaired) electrons. The third kappa shape index (κ3) is 5.55. The van der Waals surface area contributed by atoms with Crippen LogP contribution in [0.5, 0.6) is 11.5 Å². The van der Waals surface area contributed by atoms with Gasteiger partial charge in [-0.1, -0.05) is 50.2 Å². The number of hydrazine groups is 1. The van der Waals surface area contributed by atoms with Crippen molar-refractivity contribution in [2.24, 2.45) is 5.92 Å². The highest BCUT2D eigenvalue weighted by molar-refractivity contribution is 5.91.